The van der Waals surface area contributed by atoms with Crippen LogP contribution in [0.15, 0.2) is 60.7 Å². The van der Waals surface area contributed by atoms with Crippen molar-refractivity contribution >= 4 is 5.91 Å². The predicted molar refractivity (Wildman–Crippen MR) is 111 cm³/mol. The first-order chi connectivity index (χ1) is 13.8. The van der Waals surface area contributed by atoms with Gasteiger partial charge in [-0.15, -0.1) is 0 Å². The molecular formula is C24H30N2O2. The summed E-state index contributed by atoms with van der Waals surface area (Å²) in [5, 5.41) is 0. The van der Waals surface area contributed by atoms with E-state index in [1.807, 2.05) is 17.0 Å². The van der Waals surface area contributed by atoms with Crippen LogP contribution >= 0.6 is 0 Å². The summed E-state index contributed by atoms with van der Waals surface area (Å²) >= 11 is 0. The molecule has 148 valence electrons. The number of benzene rings is 2. The molecule has 1 atom stereocenters. The molecular weight excluding hydrogens is 348 g/mol. The van der Waals surface area contributed by atoms with Crippen LogP contribution in [-0.4, -0.2) is 61.6 Å². The highest BCUT2D eigenvalue weighted by Gasteiger charge is 2.55. The lowest BCUT2D eigenvalue weighted by Gasteiger charge is -2.36. The Morgan fingerprint density at radius 2 is 1.54 bits per heavy atom. The zero-order valence-electron chi connectivity index (χ0n) is 16.7. The van der Waals surface area contributed by atoms with Crippen LogP contribution in [0.25, 0.3) is 0 Å². The Morgan fingerprint density at radius 1 is 0.964 bits per heavy atom. The lowest BCUT2D eigenvalue weighted by Crippen LogP contribution is -2.43. The summed E-state index contributed by atoms with van der Waals surface area (Å²) in [6.45, 7) is 8.28. The molecule has 2 fully saturated rings. The van der Waals surface area contributed by atoms with Crippen LogP contribution in [0, 0.1) is 5.92 Å². The van der Waals surface area contributed by atoms with Crippen molar-refractivity contribution in [1.29, 1.82) is 0 Å². The average Bonchev–Trinajstić information content (AvgIpc) is 3.06. The highest BCUT2D eigenvalue weighted by Crippen LogP contribution is 2.47. The van der Waals surface area contributed by atoms with Gasteiger partial charge in [0.2, 0.25) is 5.91 Å². The molecule has 4 nitrogen and oxygen atoms in total. The van der Waals surface area contributed by atoms with Gasteiger partial charge in [0.05, 0.1) is 13.2 Å². The second-order valence-electron chi connectivity index (χ2n) is 7.82. The lowest BCUT2D eigenvalue weighted by atomic mass is 9.66. The van der Waals surface area contributed by atoms with E-state index in [0.29, 0.717) is 0 Å². The molecule has 2 aliphatic rings. The molecule has 0 aliphatic carbocycles. The highest BCUT2D eigenvalue weighted by molar-refractivity contribution is 5.94. The van der Waals surface area contributed by atoms with Gasteiger partial charge in [0.25, 0.3) is 0 Å². The summed E-state index contributed by atoms with van der Waals surface area (Å²) < 4.78 is 5.50. The van der Waals surface area contributed by atoms with Gasteiger partial charge < -0.3 is 9.64 Å². The highest BCUT2D eigenvalue weighted by atomic mass is 16.5. The topological polar surface area (TPSA) is 32.8 Å². The van der Waals surface area contributed by atoms with E-state index in [-0.39, 0.29) is 11.8 Å². The van der Waals surface area contributed by atoms with Crippen molar-refractivity contribution in [2.45, 2.75) is 18.8 Å². The first kappa shape index (κ1) is 19.2. The van der Waals surface area contributed by atoms with Crippen LogP contribution in [0.4, 0.5) is 0 Å². The van der Waals surface area contributed by atoms with Gasteiger partial charge in [-0.25, -0.2) is 0 Å². The Balaban J connectivity index is 1.74. The fourth-order valence-electron chi connectivity index (χ4n) is 4.94. The zero-order valence-corrected chi connectivity index (χ0v) is 16.7. The summed E-state index contributed by atoms with van der Waals surface area (Å²) in [6, 6.07) is 20.8. The van der Waals surface area contributed by atoms with E-state index in [2.05, 4.69) is 60.4 Å². The second kappa shape index (κ2) is 8.46. The minimum absolute atomic E-state index is 0.249. The van der Waals surface area contributed by atoms with Gasteiger partial charge in [0.15, 0.2) is 0 Å². The molecule has 0 N–H and O–H groups in total. The minimum atomic E-state index is -0.592. The fraction of sp³-hybridized carbons (Fsp3) is 0.458. The Kier molecular flexibility index (Phi) is 5.79. The summed E-state index contributed by atoms with van der Waals surface area (Å²) in [5.41, 5.74) is 1.65. The van der Waals surface area contributed by atoms with Crippen molar-refractivity contribution in [3.8, 4) is 0 Å². The number of carbonyl (C=O) groups is 1. The van der Waals surface area contributed by atoms with Gasteiger partial charge in [-0.3, -0.25) is 9.69 Å². The largest absolute Gasteiger partial charge is 0.379 e. The molecule has 2 aliphatic heterocycles. The first-order valence-electron chi connectivity index (χ1n) is 10.5. The first-order valence-corrected chi connectivity index (χ1v) is 10.5. The van der Waals surface area contributed by atoms with E-state index in [1.54, 1.807) is 0 Å². The van der Waals surface area contributed by atoms with Gasteiger partial charge >= 0.3 is 0 Å². The third-order valence-corrected chi connectivity index (χ3v) is 6.42. The molecule has 4 rings (SSSR count). The molecule has 1 amide bonds. The minimum Gasteiger partial charge on any atom is -0.379 e. The van der Waals surface area contributed by atoms with E-state index in [1.165, 1.54) is 0 Å². The van der Waals surface area contributed by atoms with Crippen molar-refractivity contribution in [3.63, 3.8) is 0 Å². The monoisotopic (exact) mass is 378 g/mol. The normalized spacial score (nSPS) is 22.5. The predicted octanol–water partition coefficient (Wildman–Crippen LogP) is 3.17. The van der Waals surface area contributed by atoms with E-state index in [4.69, 9.17) is 4.74 Å². The molecule has 2 aromatic carbocycles. The van der Waals surface area contributed by atoms with Crippen LogP contribution in [0.1, 0.15) is 24.5 Å². The average molecular weight is 379 g/mol. The third kappa shape index (κ3) is 3.36. The molecule has 4 heteroatoms. The number of nitrogens with zero attached hydrogens (tertiary/aromatic N) is 2. The maximum absolute atomic E-state index is 13.8. The number of likely N-dealkylation sites (tertiary alicyclic amines) is 1. The summed E-state index contributed by atoms with van der Waals surface area (Å²) in [5.74, 6) is 0.506. The molecule has 2 heterocycles. The third-order valence-electron chi connectivity index (χ3n) is 6.42. The SMILES string of the molecule is CCN1C[C@@H](CCN2CCOCC2)C(c2ccccc2)(c2ccccc2)C1=O. The Labute approximate surface area is 168 Å². The van der Waals surface area contributed by atoms with Crippen molar-refractivity contribution < 1.29 is 9.53 Å². The Hall–Kier alpha value is -2.17. The van der Waals surface area contributed by atoms with Crippen molar-refractivity contribution in [2.24, 2.45) is 5.92 Å². The molecule has 0 radical (unpaired) electrons. The second-order valence-corrected chi connectivity index (χ2v) is 7.82. The fourth-order valence-corrected chi connectivity index (χ4v) is 4.94. The number of ether oxygens (including phenoxy) is 1. The summed E-state index contributed by atoms with van der Waals surface area (Å²) in [6.07, 6.45) is 1.01. The quantitative estimate of drug-likeness (QED) is 0.774. The molecule has 0 spiro atoms. The van der Waals surface area contributed by atoms with Crippen LogP contribution in [0.5, 0.6) is 0 Å². The summed E-state index contributed by atoms with van der Waals surface area (Å²) in [4.78, 5) is 18.3. The van der Waals surface area contributed by atoms with Gasteiger partial charge in [-0.2, -0.15) is 0 Å². The number of likely N-dealkylation sites (N-methyl/N-ethyl adjacent to an activating group) is 1. The lowest BCUT2D eigenvalue weighted by molar-refractivity contribution is -0.131. The van der Waals surface area contributed by atoms with Crippen LogP contribution in [0.2, 0.25) is 0 Å². The number of amides is 1. The van der Waals surface area contributed by atoms with E-state index >= 15 is 0 Å². The van der Waals surface area contributed by atoms with E-state index in [0.717, 1.165) is 63.5 Å². The maximum atomic E-state index is 13.8. The molecule has 0 bridgehead atoms. The number of morpholine rings is 1. The van der Waals surface area contributed by atoms with Crippen LogP contribution in [-0.2, 0) is 14.9 Å². The van der Waals surface area contributed by atoms with Crippen LogP contribution < -0.4 is 0 Å². The summed E-state index contributed by atoms with van der Waals surface area (Å²) in [7, 11) is 0. The van der Waals surface area contributed by atoms with Crippen LogP contribution in [0.3, 0.4) is 0 Å². The maximum Gasteiger partial charge on any atom is 0.238 e. The standard InChI is InChI=1S/C24H30N2O2/c1-2-26-19-22(13-14-25-15-17-28-18-16-25)24(23(26)27,20-9-5-3-6-10-20)21-11-7-4-8-12-21/h3-12,22H,2,13-19H2,1H3/t22-/m1/s1. The number of carbonyl (C=O) groups excluding carboxylic acids is 1. The van der Waals surface area contributed by atoms with Gasteiger partial charge in [0, 0.05) is 32.1 Å². The van der Waals surface area contributed by atoms with E-state index in [9.17, 15) is 4.79 Å². The molecule has 28 heavy (non-hydrogen) atoms. The Morgan fingerprint density at radius 3 is 2.07 bits per heavy atom. The smallest absolute Gasteiger partial charge is 0.238 e. The number of hydrogen-bond acceptors (Lipinski definition) is 3. The van der Waals surface area contributed by atoms with Gasteiger partial charge in [-0.1, -0.05) is 60.7 Å². The van der Waals surface area contributed by atoms with Gasteiger partial charge in [0.1, 0.15) is 5.41 Å². The number of hydrogen-bond donors (Lipinski definition) is 0. The number of rotatable bonds is 6. The molecule has 2 saturated heterocycles. The zero-order chi connectivity index (χ0) is 19.4. The molecule has 0 saturated carbocycles. The van der Waals surface area contributed by atoms with Crippen molar-refractivity contribution in [2.75, 3.05) is 45.9 Å². The van der Waals surface area contributed by atoms with Crippen molar-refractivity contribution in [3.05, 3.63) is 71.8 Å². The molecule has 0 unspecified atom stereocenters. The Bertz CT molecular complexity index is 732. The van der Waals surface area contributed by atoms with E-state index < -0.39 is 5.41 Å². The van der Waals surface area contributed by atoms with Gasteiger partial charge in [-0.05, 0) is 31.0 Å². The van der Waals surface area contributed by atoms with Crippen molar-refractivity contribution in [1.82, 2.24) is 9.80 Å². The molecule has 0 aromatic heterocycles. The molecule has 2 aromatic rings.